The molecule has 0 bridgehead atoms. The molecule has 0 unspecified atom stereocenters. The van der Waals surface area contributed by atoms with Crippen LogP contribution in [0.15, 0.2) is 29.8 Å². The zero-order chi connectivity index (χ0) is 19.5. The molecule has 0 saturated heterocycles. The van der Waals surface area contributed by atoms with Crippen LogP contribution in [-0.2, 0) is 0 Å². The van der Waals surface area contributed by atoms with E-state index in [1.807, 2.05) is 18.2 Å². The van der Waals surface area contributed by atoms with E-state index in [0.29, 0.717) is 16.9 Å². The molecule has 1 aromatic carbocycles. The fourth-order valence-corrected chi connectivity index (χ4v) is 8.09. The third kappa shape index (κ3) is 2.66. The zero-order valence-electron chi connectivity index (χ0n) is 17.5. The third-order valence-corrected chi connectivity index (χ3v) is 9.70. The van der Waals surface area contributed by atoms with Gasteiger partial charge in [-0.05, 0) is 85.7 Å². The lowest BCUT2D eigenvalue weighted by Crippen LogP contribution is -2.53. The minimum Gasteiger partial charge on any atom is -0.388 e. The average Bonchev–Trinajstić information content (AvgIpc) is 2.94. The molecule has 4 aliphatic carbocycles. The number of benzene rings is 1. The van der Waals surface area contributed by atoms with Gasteiger partial charge in [-0.2, -0.15) is 0 Å². The van der Waals surface area contributed by atoms with Crippen molar-refractivity contribution < 1.29 is 9.50 Å². The normalized spacial score (nSPS) is 46.7. The summed E-state index contributed by atoms with van der Waals surface area (Å²) in [7, 11) is 0. The van der Waals surface area contributed by atoms with E-state index in [1.165, 1.54) is 51.0 Å². The standard InChI is InChI=1S/C26H35FO/c1-25-13-6-5-8-19(25)10-11-20-21(25)12-14-26(2)22(20)16-18(24(26)28)15-17-7-3-4-9-23(17)27/h3-4,7,9,15,19-22,24,28H,5-6,8,10-14,16H2,1-2H3/b18-15+/t19-,20+,21-,22-,24+,25-,26-/m0/s1. The summed E-state index contributed by atoms with van der Waals surface area (Å²) in [5.41, 5.74) is 2.18. The van der Waals surface area contributed by atoms with Crippen molar-refractivity contribution in [2.45, 2.75) is 77.7 Å². The Labute approximate surface area is 169 Å². The van der Waals surface area contributed by atoms with Crippen molar-refractivity contribution in [2.24, 2.45) is 34.5 Å². The van der Waals surface area contributed by atoms with Crippen molar-refractivity contribution in [3.63, 3.8) is 0 Å². The summed E-state index contributed by atoms with van der Waals surface area (Å²) < 4.78 is 14.2. The van der Waals surface area contributed by atoms with E-state index >= 15 is 0 Å². The number of aliphatic hydroxyl groups is 1. The van der Waals surface area contributed by atoms with Gasteiger partial charge in [0.2, 0.25) is 0 Å². The smallest absolute Gasteiger partial charge is 0.130 e. The first kappa shape index (κ1) is 18.9. The summed E-state index contributed by atoms with van der Waals surface area (Å²) in [5.74, 6) is 2.85. The van der Waals surface area contributed by atoms with Crippen LogP contribution in [0.1, 0.15) is 77.2 Å². The number of fused-ring (bicyclic) bond motifs is 5. The van der Waals surface area contributed by atoms with Gasteiger partial charge in [0.15, 0.2) is 0 Å². The molecule has 1 nitrogen and oxygen atoms in total. The summed E-state index contributed by atoms with van der Waals surface area (Å²) >= 11 is 0. The van der Waals surface area contributed by atoms with E-state index in [1.54, 1.807) is 6.07 Å². The minimum absolute atomic E-state index is 0.0316. The lowest BCUT2D eigenvalue weighted by atomic mass is 9.45. The van der Waals surface area contributed by atoms with Crippen molar-refractivity contribution in [1.29, 1.82) is 0 Å². The van der Waals surface area contributed by atoms with Gasteiger partial charge < -0.3 is 5.11 Å². The molecule has 0 amide bonds. The van der Waals surface area contributed by atoms with Gasteiger partial charge in [0.1, 0.15) is 5.82 Å². The molecule has 0 spiro atoms. The average molecular weight is 383 g/mol. The number of rotatable bonds is 1. The first-order valence-electron chi connectivity index (χ1n) is 11.6. The van der Waals surface area contributed by atoms with Crippen LogP contribution in [0.4, 0.5) is 4.39 Å². The largest absolute Gasteiger partial charge is 0.388 e. The van der Waals surface area contributed by atoms with Crippen LogP contribution in [-0.4, -0.2) is 11.2 Å². The van der Waals surface area contributed by atoms with Crippen LogP contribution >= 0.6 is 0 Å². The Kier molecular flexibility index (Phi) is 4.50. The van der Waals surface area contributed by atoms with Gasteiger partial charge in [-0.1, -0.05) is 51.0 Å². The molecule has 4 aliphatic rings. The number of hydrogen-bond donors (Lipinski definition) is 1. The van der Waals surface area contributed by atoms with Gasteiger partial charge in [-0.3, -0.25) is 0 Å². The van der Waals surface area contributed by atoms with Crippen molar-refractivity contribution in [1.82, 2.24) is 0 Å². The summed E-state index contributed by atoms with van der Waals surface area (Å²) in [4.78, 5) is 0. The van der Waals surface area contributed by atoms with Crippen molar-refractivity contribution in [3.8, 4) is 0 Å². The third-order valence-electron chi connectivity index (χ3n) is 9.70. The van der Waals surface area contributed by atoms with Crippen LogP contribution in [0.25, 0.3) is 6.08 Å². The predicted molar refractivity (Wildman–Crippen MR) is 112 cm³/mol. The van der Waals surface area contributed by atoms with Crippen LogP contribution in [0.2, 0.25) is 0 Å². The Bertz CT molecular complexity index is 784. The lowest BCUT2D eigenvalue weighted by Gasteiger charge is -2.60. The van der Waals surface area contributed by atoms with Gasteiger partial charge in [0.25, 0.3) is 0 Å². The Hall–Kier alpha value is -1.15. The van der Waals surface area contributed by atoms with Crippen molar-refractivity contribution >= 4 is 6.08 Å². The highest BCUT2D eigenvalue weighted by molar-refractivity contribution is 5.56. The van der Waals surface area contributed by atoms with Crippen LogP contribution in [0.3, 0.4) is 0 Å². The van der Waals surface area contributed by atoms with Gasteiger partial charge in [0.05, 0.1) is 6.10 Å². The molecule has 5 rings (SSSR count). The molecular formula is C26H35FO. The summed E-state index contributed by atoms with van der Waals surface area (Å²) in [5, 5.41) is 11.3. The molecule has 1 N–H and O–H groups in total. The van der Waals surface area contributed by atoms with Crippen LogP contribution < -0.4 is 0 Å². The first-order valence-corrected chi connectivity index (χ1v) is 11.6. The summed E-state index contributed by atoms with van der Waals surface area (Å²) in [6, 6.07) is 6.96. The van der Waals surface area contributed by atoms with Gasteiger partial charge >= 0.3 is 0 Å². The second-order valence-electron chi connectivity index (χ2n) is 10.8. The van der Waals surface area contributed by atoms with E-state index in [4.69, 9.17) is 0 Å². The molecule has 0 radical (unpaired) electrons. The number of aliphatic hydroxyl groups excluding tert-OH is 1. The lowest BCUT2D eigenvalue weighted by molar-refractivity contribution is -0.119. The molecule has 0 aliphatic heterocycles. The van der Waals surface area contributed by atoms with Crippen LogP contribution in [0, 0.1) is 40.3 Å². The van der Waals surface area contributed by atoms with E-state index in [2.05, 4.69) is 13.8 Å². The molecule has 0 heterocycles. The van der Waals surface area contributed by atoms with Gasteiger partial charge in [-0.15, -0.1) is 0 Å². The SMILES string of the molecule is C[C@]12CCCC[C@H]1CC[C@@H]1[C@@H]2CC[C@]2(C)[C@H](O)/C(=C/c3ccccc3F)C[C@@H]12. The summed E-state index contributed by atoms with van der Waals surface area (Å²) in [6.45, 7) is 4.91. The van der Waals surface area contributed by atoms with Gasteiger partial charge in [-0.25, -0.2) is 4.39 Å². The minimum atomic E-state index is -0.421. The van der Waals surface area contributed by atoms with Crippen LogP contribution in [0.5, 0.6) is 0 Å². The molecule has 0 aromatic heterocycles. The van der Waals surface area contributed by atoms with Crippen molar-refractivity contribution in [2.75, 3.05) is 0 Å². The fourth-order valence-electron chi connectivity index (χ4n) is 8.09. The Morgan fingerprint density at radius 3 is 2.61 bits per heavy atom. The summed E-state index contributed by atoms with van der Waals surface area (Å²) in [6.07, 6.45) is 13.3. The highest BCUT2D eigenvalue weighted by Gasteiger charge is 2.60. The number of halogens is 1. The molecular weight excluding hydrogens is 347 g/mol. The monoisotopic (exact) mass is 382 g/mol. The molecule has 2 heteroatoms. The van der Waals surface area contributed by atoms with Gasteiger partial charge in [0, 0.05) is 11.0 Å². The molecule has 4 saturated carbocycles. The quantitative estimate of drug-likeness (QED) is 0.579. The Morgan fingerprint density at radius 1 is 0.964 bits per heavy atom. The molecule has 4 fully saturated rings. The maximum atomic E-state index is 14.2. The predicted octanol–water partition coefficient (Wildman–Crippen LogP) is 6.61. The maximum Gasteiger partial charge on any atom is 0.130 e. The van der Waals surface area contributed by atoms with E-state index in [0.717, 1.165) is 36.2 Å². The maximum absolute atomic E-state index is 14.2. The molecule has 1 aromatic rings. The zero-order valence-corrected chi connectivity index (χ0v) is 17.5. The highest BCUT2D eigenvalue weighted by atomic mass is 19.1. The fraction of sp³-hybridized carbons (Fsp3) is 0.692. The Morgan fingerprint density at radius 2 is 1.79 bits per heavy atom. The topological polar surface area (TPSA) is 20.2 Å². The van der Waals surface area contributed by atoms with Crippen molar-refractivity contribution in [3.05, 3.63) is 41.2 Å². The highest BCUT2D eigenvalue weighted by Crippen LogP contribution is 2.67. The second kappa shape index (κ2) is 6.69. The second-order valence-corrected chi connectivity index (χ2v) is 10.8. The first-order chi connectivity index (χ1) is 13.4. The van der Waals surface area contributed by atoms with E-state index in [-0.39, 0.29) is 11.2 Å². The molecule has 28 heavy (non-hydrogen) atoms. The van der Waals surface area contributed by atoms with E-state index < -0.39 is 6.10 Å². The number of hydrogen-bond acceptors (Lipinski definition) is 1. The molecule has 152 valence electrons. The molecule has 7 atom stereocenters. The Balaban J connectivity index is 1.47. The van der Waals surface area contributed by atoms with E-state index in [9.17, 15) is 9.50 Å².